The summed E-state index contributed by atoms with van der Waals surface area (Å²) < 4.78 is 5.36. The third-order valence-corrected chi connectivity index (χ3v) is 3.71. The first-order chi connectivity index (χ1) is 9.85. The Labute approximate surface area is 118 Å². The summed E-state index contributed by atoms with van der Waals surface area (Å²) in [6.45, 7) is 4.44. The van der Waals surface area contributed by atoms with E-state index in [1.807, 2.05) is 0 Å². The SMILES string of the molecule is NNc1nc(NCC2CCOC2)nc(N2CCCC2)n1. The largest absolute Gasteiger partial charge is 0.381 e. The number of hydrogen-bond donors (Lipinski definition) is 3. The van der Waals surface area contributed by atoms with Crippen molar-refractivity contribution in [3.63, 3.8) is 0 Å². The molecule has 2 aliphatic rings. The molecule has 0 amide bonds. The van der Waals surface area contributed by atoms with Crippen LogP contribution in [0.15, 0.2) is 0 Å². The number of nitrogen functional groups attached to an aromatic ring is 1. The number of anilines is 3. The Morgan fingerprint density at radius 1 is 1.20 bits per heavy atom. The van der Waals surface area contributed by atoms with Crippen LogP contribution in [-0.4, -0.2) is 47.8 Å². The average Bonchev–Trinajstić information content (AvgIpc) is 3.17. The molecular weight excluding hydrogens is 258 g/mol. The zero-order chi connectivity index (χ0) is 13.8. The van der Waals surface area contributed by atoms with Crippen LogP contribution in [0, 0.1) is 5.92 Å². The third-order valence-electron chi connectivity index (χ3n) is 3.71. The molecule has 2 fully saturated rings. The Hall–Kier alpha value is -1.67. The minimum atomic E-state index is 0.395. The van der Waals surface area contributed by atoms with E-state index >= 15 is 0 Å². The summed E-state index contributed by atoms with van der Waals surface area (Å²) in [6.07, 6.45) is 3.44. The molecule has 0 aliphatic carbocycles. The van der Waals surface area contributed by atoms with Gasteiger partial charge in [0.05, 0.1) is 6.61 Å². The van der Waals surface area contributed by atoms with Gasteiger partial charge in [-0.25, -0.2) is 5.84 Å². The standard InChI is InChI=1S/C12H21N7O/c13-18-11-15-10(14-7-9-3-6-20-8-9)16-12(17-11)19-4-1-2-5-19/h9H,1-8,13H2,(H2,14,15,16,17,18). The zero-order valence-electron chi connectivity index (χ0n) is 11.5. The van der Waals surface area contributed by atoms with Crippen LogP contribution in [0.4, 0.5) is 17.8 Å². The molecule has 2 aliphatic heterocycles. The van der Waals surface area contributed by atoms with E-state index in [1.165, 1.54) is 12.8 Å². The number of nitrogens with zero attached hydrogens (tertiary/aromatic N) is 4. The lowest BCUT2D eigenvalue weighted by molar-refractivity contribution is 0.187. The smallest absolute Gasteiger partial charge is 0.243 e. The highest BCUT2D eigenvalue weighted by Gasteiger charge is 2.19. The Morgan fingerprint density at radius 2 is 2.00 bits per heavy atom. The van der Waals surface area contributed by atoms with E-state index in [9.17, 15) is 0 Å². The van der Waals surface area contributed by atoms with Crippen LogP contribution in [0.3, 0.4) is 0 Å². The number of ether oxygens (including phenoxy) is 1. The van der Waals surface area contributed by atoms with Gasteiger partial charge in [0.15, 0.2) is 0 Å². The van der Waals surface area contributed by atoms with E-state index in [4.69, 9.17) is 10.6 Å². The lowest BCUT2D eigenvalue weighted by atomic mass is 10.1. The van der Waals surface area contributed by atoms with E-state index < -0.39 is 0 Å². The fourth-order valence-electron chi connectivity index (χ4n) is 2.55. The van der Waals surface area contributed by atoms with Crippen molar-refractivity contribution in [1.82, 2.24) is 15.0 Å². The zero-order valence-corrected chi connectivity index (χ0v) is 11.5. The molecule has 1 aromatic rings. The molecule has 110 valence electrons. The Balaban J connectivity index is 1.69. The highest BCUT2D eigenvalue weighted by Crippen LogP contribution is 2.19. The number of rotatable bonds is 5. The number of nitrogens with one attached hydrogen (secondary N) is 2. The van der Waals surface area contributed by atoms with Crippen molar-refractivity contribution in [3.05, 3.63) is 0 Å². The van der Waals surface area contributed by atoms with Crippen molar-refractivity contribution in [3.8, 4) is 0 Å². The van der Waals surface area contributed by atoms with Gasteiger partial charge in [0.25, 0.3) is 0 Å². The molecule has 0 bridgehead atoms. The van der Waals surface area contributed by atoms with Gasteiger partial charge in [0, 0.05) is 32.2 Å². The highest BCUT2D eigenvalue weighted by molar-refractivity contribution is 5.43. The van der Waals surface area contributed by atoms with Gasteiger partial charge in [-0.1, -0.05) is 0 Å². The maximum atomic E-state index is 5.44. The van der Waals surface area contributed by atoms with Gasteiger partial charge in [-0.15, -0.1) is 0 Å². The summed E-state index contributed by atoms with van der Waals surface area (Å²) in [4.78, 5) is 15.2. The topological polar surface area (TPSA) is 101 Å². The minimum absolute atomic E-state index is 0.395. The molecule has 0 radical (unpaired) electrons. The monoisotopic (exact) mass is 279 g/mol. The van der Waals surface area contributed by atoms with Gasteiger partial charge in [-0.2, -0.15) is 15.0 Å². The summed E-state index contributed by atoms with van der Waals surface area (Å²) in [7, 11) is 0. The fourth-order valence-corrected chi connectivity index (χ4v) is 2.55. The van der Waals surface area contributed by atoms with Crippen LogP contribution >= 0.6 is 0 Å². The first kappa shape index (κ1) is 13.3. The fraction of sp³-hybridized carbons (Fsp3) is 0.750. The lowest BCUT2D eigenvalue weighted by Crippen LogP contribution is -2.24. The van der Waals surface area contributed by atoms with Crippen molar-refractivity contribution < 1.29 is 4.74 Å². The van der Waals surface area contributed by atoms with Crippen molar-refractivity contribution in [2.75, 3.05) is 48.5 Å². The summed E-state index contributed by atoms with van der Waals surface area (Å²) in [6, 6.07) is 0. The van der Waals surface area contributed by atoms with E-state index in [-0.39, 0.29) is 0 Å². The Bertz CT molecular complexity index is 443. The number of nitrogens with two attached hydrogens (primary N) is 1. The maximum Gasteiger partial charge on any atom is 0.243 e. The molecule has 1 atom stereocenters. The van der Waals surface area contributed by atoms with Gasteiger partial charge < -0.3 is 15.0 Å². The quantitative estimate of drug-likeness (QED) is 0.519. The first-order valence-electron chi connectivity index (χ1n) is 7.14. The van der Waals surface area contributed by atoms with Crippen LogP contribution in [0.25, 0.3) is 0 Å². The molecule has 0 saturated carbocycles. The second-order valence-electron chi connectivity index (χ2n) is 5.23. The van der Waals surface area contributed by atoms with Crippen LogP contribution in [0.1, 0.15) is 19.3 Å². The molecule has 8 heteroatoms. The second kappa shape index (κ2) is 6.19. The van der Waals surface area contributed by atoms with Gasteiger partial charge in [-0.3, -0.25) is 5.43 Å². The molecular formula is C12H21N7O. The summed E-state index contributed by atoms with van der Waals surface area (Å²) in [5.41, 5.74) is 2.51. The van der Waals surface area contributed by atoms with Gasteiger partial charge >= 0.3 is 0 Å². The Kier molecular flexibility index (Phi) is 4.12. The summed E-state index contributed by atoms with van der Waals surface area (Å²) >= 11 is 0. The van der Waals surface area contributed by atoms with E-state index in [0.29, 0.717) is 23.8 Å². The lowest BCUT2D eigenvalue weighted by Gasteiger charge is -2.17. The highest BCUT2D eigenvalue weighted by atomic mass is 16.5. The van der Waals surface area contributed by atoms with E-state index in [2.05, 4.69) is 30.6 Å². The predicted octanol–water partition coefficient (Wildman–Crippen LogP) is 0.206. The first-order valence-corrected chi connectivity index (χ1v) is 7.14. The van der Waals surface area contributed by atoms with Crippen LogP contribution in [0.2, 0.25) is 0 Å². The third kappa shape index (κ3) is 3.07. The molecule has 4 N–H and O–H groups in total. The number of hydrazine groups is 1. The molecule has 2 saturated heterocycles. The predicted molar refractivity (Wildman–Crippen MR) is 76.5 cm³/mol. The van der Waals surface area contributed by atoms with Gasteiger partial charge in [-0.05, 0) is 19.3 Å². The van der Waals surface area contributed by atoms with Crippen molar-refractivity contribution in [1.29, 1.82) is 0 Å². The van der Waals surface area contributed by atoms with Crippen LogP contribution in [0.5, 0.6) is 0 Å². The molecule has 1 unspecified atom stereocenters. The molecule has 0 spiro atoms. The molecule has 3 rings (SSSR count). The maximum absolute atomic E-state index is 5.44. The Morgan fingerprint density at radius 3 is 2.70 bits per heavy atom. The molecule has 1 aromatic heterocycles. The molecule has 0 aromatic carbocycles. The van der Waals surface area contributed by atoms with Crippen LogP contribution in [-0.2, 0) is 4.74 Å². The minimum Gasteiger partial charge on any atom is -0.381 e. The van der Waals surface area contributed by atoms with Crippen molar-refractivity contribution in [2.24, 2.45) is 11.8 Å². The normalized spacial score (nSPS) is 22.2. The van der Waals surface area contributed by atoms with Gasteiger partial charge in [0.2, 0.25) is 17.8 Å². The van der Waals surface area contributed by atoms with Crippen molar-refractivity contribution in [2.45, 2.75) is 19.3 Å². The second-order valence-corrected chi connectivity index (χ2v) is 5.23. The molecule has 8 nitrogen and oxygen atoms in total. The number of aromatic nitrogens is 3. The van der Waals surface area contributed by atoms with Crippen LogP contribution < -0.4 is 21.5 Å². The summed E-state index contributed by atoms with van der Waals surface area (Å²) in [5.74, 6) is 7.62. The molecule has 3 heterocycles. The van der Waals surface area contributed by atoms with Gasteiger partial charge in [0.1, 0.15) is 0 Å². The van der Waals surface area contributed by atoms with E-state index in [1.54, 1.807) is 0 Å². The van der Waals surface area contributed by atoms with E-state index in [0.717, 1.165) is 39.3 Å². The van der Waals surface area contributed by atoms with Crippen molar-refractivity contribution >= 4 is 17.8 Å². The summed E-state index contributed by atoms with van der Waals surface area (Å²) in [5, 5.41) is 3.26. The number of hydrogen-bond acceptors (Lipinski definition) is 8. The molecule has 20 heavy (non-hydrogen) atoms. The average molecular weight is 279 g/mol.